The molecule has 0 saturated carbocycles. The molecule has 3 N–H and O–H groups in total. The maximum absolute atomic E-state index is 11.5. The number of aliphatic hydroxyl groups is 1. The first-order valence-electron chi connectivity index (χ1n) is 6.51. The van der Waals surface area contributed by atoms with Gasteiger partial charge in [-0.3, -0.25) is 0 Å². The molecule has 0 fully saturated rings. The van der Waals surface area contributed by atoms with Crippen molar-refractivity contribution in [1.29, 1.82) is 0 Å². The predicted octanol–water partition coefficient (Wildman–Crippen LogP) is 2.13. The molecule has 4 heteroatoms. The first kappa shape index (κ1) is 16.2. The van der Waals surface area contributed by atoms with E-state index in [-0.39, 0.29) is 18.0 Å². The first-order valence-corrected chi connectivity index (χ1v) is 6.51. The molecule has 1 atom stereocenters. The molecule has 0 bridgehead atoms. The third-order valence-corrected chi connectivity index (χ3v) is 3.16. The Hall–Kier alpha value is -0.770. The van der Waals surface area contributed by atoms with Gasteiger partial charge in [0.1, 0.15) is 0 Å². The Morgan fingerprint density at radius 2 is 1.59 bits per heavy atom. The van der Waals surface area contributed by atoms with Crippen LogP contribution in [-0.4, -0.2) is 30.3 Å². The van der Waals surface area contributed by atoms with Gasteiger partial charge in [0.15, 0.2) is 0 Å². The number of hydrogen-bond acceptors (Lipinski definition) is 2. The zero-order valence-electron chi connectivity index (χ0n) is 11.8. The number of urea groups is 1. The van der Waals surface area contributed by atoms with Gasteiger partial charge in [-0.25, -0.2) is 4.79 Å². The van der Waals surface area contributed by atoms with Gasteiger partial charge < -0.3 is 15.7 Å². The molecule has 0 aromatic rings. The number of carbonyl (C=O) groups is 1. The lowest BCUT2D eigenvalue weighted by molar-refractivity contribution is 0.0649. The molecule has 0 aliphatic carbocycles. The molecule has 2 amide bonds. The van der Waals surface area contributed by atoms with Gasteiger partial charge in [0.25, 0.3) is 0 Å². The highest BCUT2D eigenvalue weighted by atomic mass is 16.3. The summed E-state index contributed by atoms with van der Waals surface area (Å²) in [5.41, 5.74) is -0.206. The lowest BCUT2D eigenvalue weighted by atomic mass is 9.89. The summed E-state index contributed by atoms with van der Waals surface area (Å²) < 4.78 is 0. The Kier molecular flexibility index (Phi) is 7.19. The van der Waals surface area contributed by atoms with Crippen LogP contribution in [0.5, 0.6) is 0 Å². The summed E-state index contributed by atoms with van der Waals surface area (Å²) in [6.45, 7) is 11.1. The number of amides is 2. The minimum Gasteiger partial charge on any atom is -0.391 e. The molecule has 102 valence electrons. The fourth-order valence-corrected chi connectivity index (χ4v) is 1.37. The van der Waals surface area contributed by atoms with Gasteiger partial charge in [-0.1, -0.05) is 47.5 Å². The summed E-state index contributed by atoms with van der Waals surface area (Å²) in [6, 6.07) is -0.194. The minimum absolute atomic E-state index is 0.194. The van der Waals surface area contributed by atoms with E-state index >= 15 is 0 Å². The fourth-order valence-electron chi connectivity index (χ4n) is 1.37. The van der Waals surface area contributed by atoms with Gasteiger partial charge in [0.2, 0.25) is 0 Å². The lowest BCUT2D eigenvalue weighted by Gasteiger charge is -2.26. The normalized spacial score (nSPS) is 13.6. The molecule has 1 unspecified atom stereocenters. The highest BCUT2D eigenvalue weighted by Crippen LogP contribution is 2.17. The van der Waals surface area contributed by atoms with Crippen molar-refractivity contribution in [2.75, 3.05) is 13.1 Å². The van der Waals surface area contributed by atoms with E-state index < -0.39 is 6.10 Å². The smallest absolute Gasteiger partial charge is 0.314 e. The Labute approximate surface area is 105 Å². The summed E-state index contributed by atoms with van der Waals surface area (Å²) in [6.07, 6.45) is 1.62. The summed E-state index contributed by atoms with van der Waals surface area (Å²) in [5.74, 6) is 0.535. The van der Waals surface area contributed by atoms with Crippen LogP contribution in [0.25, 0.3) is 0 Å². The zero-order valence-corrected chi connectivity index (χ0v) is 11.8. The molecule has 0 aliphatic rings. The molecular weight excluding hydrogens is 216 g/mol. The number of rotatable bonds is 6. The van der Waals surface area contributed by atoms with Crippen molar-refractivity contribution < 1.29 is 9.90 Å². The molecule has 17 heavy (non-hydrogen) atoms. The molecule has 0 radical (unpaired) electrons. The van der Waals surface area contributed by atoms with Crippen LogP contribution in [-0.2, 0) is 0 Å². The van der Waals surface area contributed by atoms with E-state index in [0.29, 0.717) is 12.5 Å². The van der Waals surface area contributed by atoms with Crippen LogP contribution >= 0.6 is 0 Å². The van der Waals surface area contributed by atoms with Crippen molar-refractivity contribution in [3.05, 3.63) is 0 Å². The van der Waals surface area contributed by atoms with E-state index in [4.69, 9.17) is 0 Å². The van der Waals surface area contributed by atoms with Crippen LogP contribution in [0.2, 0.25) is 0 Å². The Morgan fingerprint density at radius 3 is 2.00 bits per heavy atom. The van der Waals surface area contributed by atoms with E-state index in [9.17, 15) is 9.90 Å². The van der Waals surface area contributed by atoms with E-state index in [1.165, 1.54) is 0 Å². The van der Waals surface area contributed by atoms with E-state index in [2.05, 4.69) is 24.5 Å². The van der Waals surface area contributed by atoms with Gasteiger partial charge in [-0.15, -0.1) is 0 Å². The second-order valence-electron chi connectivity index (χ2n) is 5.66. The van der Waals surface area contributed by atoms with Gasteiger partial charge in [-0.2, -0.15) is 0 Å². The number of carbonyl (C=O) groups excluding carboxylic acids is 1. The Morgan fingerprint density at radius 1 is 1.12 bits per heavy atom. The first-order chi connectivity index (χ1) is 7.81. The van der Waals surface area contributed by atoms with Crippen LogP contribution in [0.15, 0.2) is 0 Å². The van der Waals surface area contributed by atoms with Gasteiger partial charge in [0, 0.05) is 13.1 Å². The number of nitrogens with one attached hydrogen (secondary N) is 2. The zero-order chi connectivity index (χ0) is 13.5. The standard InChI is InChI=1S/C13H28N2O2/c1-6-10(7-2)8-14-12(17)15-9-11(16)13(3,4)5/h10-11,16H,6-9H2,1-5H3,(H2,14,15,17). The average Bonchev–Trinajstić information content (AvgIpc) is 2.25. The molecule has 0 heterocycles. The Balaban J connectivity index is 3.81. The van der Waals surface area contributed by atoms with E-state index in [1.807, 2.05) is 20.8 Å². The monoisotopic (exact) mass is 244 g/mol. The SMILES string of the molecule is CCC(CC)CNC(=O)NCC(O)C(C)(C)C. The summed E-state index contributed by atoms with van der Waals surface area (Å²) in [5, 5.41) is 15.3. The van der Waals surface area contributed by atoms with Gasteiger partial charge >= 0.3 is 6.03 Å². The lowest BCUT2D eigenvalue weighted by Crippen LogP contribution is -2.44. The van der Waals surface area contributed by atoms with E-state index in [0.717, 1.165) is 12.8 Å². The van der Waals surface area contributed by atoms with Crippen LogP contribution < -0.4 is 10.6 Å². The number of hydrogen-bond donors (Lipinski definition) is 3. The average molecular weight is 244 g/mol. The second-order valence-corrected chi connectivity index (χ2v) is 5.66. The van der Waals surface area contributed by atoms with Gasteiger partial charge in [0.05, 0.1) is 6.10 Å². The van der Waals surface area contributed by atoms with Crippen LogP contribution in [0, 0.1) is 11.3 Å². The quantitative estimate of drug-likeness (QED) is 0.670. The van der Waals surface area contributed by atoms with Crippen molar-refractivity contribution >= 4 is 6.03 Å². The van der Waals surface area contributed by atoms with Crippen LogP contribution in [0.3, 0.4) is 0 Å². The molecular formula is C13H28N2O2. The molecule has 0 saturated heterocycles. The second kappa shape index (κ2) is 7.54. The predicted molar refractivity (Wildman–Crippen MR) is 70.9 cm³/mol. The number of aliphatic hydroxyl groups excluding tert-OH is 1. The summed E-state index contributed by atoms with van der Waals surface area (Å²) in [7, 11) is 0. The highest BCUT2D eigenvalue weighted by Gasteiger charge is 2.22. The topological polar surface area (TPSA) is 61.4 Å². The van der Waals surface area contributed by atoms with Crippen LogP contribution in [0.4, 0.5) is 4.79 Å². The molecule has 0 aromatic carbocycles. The summed E-state index contributed by atoms with van der Waals surface area (Å²) >= 11 is 0. The van der Waals surface area contributed by atoms with Gasteiger partial charge in [-0.05, 0) is 11.3 Å². The molecule has 0 aromatic heterocycles. The molecule has 0 rings (SSSR count). The van der Waals surface area contributed by atoms with E-state index in [1.54, 1.807) is 0 Å². The van der Waals surface area contributed by atoms with Crippen molar-refractivity contribution in [3.63, 3.8) is 0 Å². The Bertz CT molecular complexity index is 220. The van der Waals surface area contributed by atoms with Crippen molar-refractivity contribution in [2.24, 2.45) is 11.3 Å². The van der Waals surface area contributed by atoms with Crippen molar-refractivity contribution in [2.45, 2.75) is 53.6 Å². The molecule has 0 spiro atoms. The van der Waals surface area contributed by atoms with Crippen molar-refractivity contribution in [3.8, 4) is 0 Å². The third kappa shape index (κ3) is 7.21. The maximum atomic E-state index is 11.5. The fraction of sp³-hybridized carbons (Fsp3) is 0.923. The molecule has 0 aliphatic heterocycles. The summed E-state index contributed by atoms with van der Waals surface area (Å²) in [4.78, 5) is 11.5. The maximum Gasteiger partial charge on any atom is 0.314 e. The van der Waals surface area contributed by atoms with Crippen LogP contribution in [0.1, 0.15) is 47.5 Å². The van der Waals surface area contributed by atoms with Crippen molar-refractivity contribution in [1.82, 2.24) is 10.6 Å². The molecule has 4 nitrogen and oxygen atoms in total. The minimum atomic E-state index is -0.526. The largest absolute Gasteiger partial charge is 0.391 e. The highest BCUT2D eigenvalue weighted by molar-refractivity contribution is 5.73. The third-order valence-electron chi connectivity index (χ3n) is 3.16.